The Kier molecular flexibility index (Phi) is 9.23. The predicted octanol–water partition coefficient (Wildman–Crippen LogP) is 12.7. The highest BCUT2D eigenvalue weighted by Gasteiger charge is 2.13. The Morgan fingerprint density at radius 3 is 0.982 bits per heavy atom. The van der Waals surface area contributed by atoms with Crippen molar-refractivity contribution in [1.82, 2.24) is 19.9 Å². The number of hydrogen-bond acceptors (Lipinski definition) is 5. The van der Waals surface area contributed by atoms with Crippen molar-refractivity contribution in [3.05, 3.63) is 206 Å². The summed E-state index contributed by atoms with van der Waals surface area (Å²) in [7, 11) is 0. The van der Waals surface area contributed by atoms with Gasteiger partial charge in [0.1, 0.15) is 11.5 Å². The summed E-state index contributed by atoms with van der Waals surface area (Å²) in [4.78, 5) is 19.9. The first-order valence-electron chi connectivity index (χ1n) is 18.2. The van der Waals surface area contributed by atoms with Crippen molar-refractivity contribution in [3.63, 3.8) is 0 Å². The van der Waals surface area contributed by atoms with E-state index in [2.05, 4.69) is 91.0 Å². The first kappa shape index (κ1) is 33.3. The summed E-state index contributed by atoms with van der Waals surface area (Å²) < 4.78 is 6.36. The molecule has 9 aromatic rings. The van der Waals surface area contributed by atoms with Gasteiger partial charge in [0.05, 0.1) is 22.8 Å². The average Bonchev–Trinajstić information content (AvgIpc) is 3.28. The SMILES string of the molecule is c1ccc(-c2cc(-c3ccccc3)nc(-c3ccc(Oc4cccc(-c5ccc(-c6nc(-c7ccccc7)cc(-c7ccccc7)n6)cc5)c4)cc3)n2)cc1. The largest absolute Gasteiger partial charge is 0.457 e. The summed E-state index contributed by atoms with van der Waals surface area (Å²) in [6, 6.07) is 69.4. The van der Waals surface area contributed by atoms with Crippen LogP contribution in [0.2, 0.25) is 0 Å². The zero-order valence-corrected chi connectivity index (χ0v) is 29.8. The summed E-state index contributed by atoms with van der Waals surface area (Å²) in [6.07, 6.45) is 0. The molecule has 0 radical (unpaired) electrons. The fraction of sp³-hybridized carbons (Fsp3) is 0. The molecule has 9 rings (SSSR count). The third-order valence-corrected chi connectivity index (χ3v) is 9.39. The molecule has 0 unspecified atom stereocenters. The van der Waals surface area contributed by atoms with Gasteiger partial charge in [-0.25, -0.2) is 19.9 Å². The number of hydrogen-bond donors (Lipinski definition) is 0. The van der Waals surface area contributed by atoms with Gasteiger partial charge in [0, 0.05) is 33.4 Å². The second-order valence-electron chi connectivity index (χ2n) is 13.1. The van der Waals surface area contributed by atoms with Crippen LogP contribution in [0, 0.1) is 0 Å². The molecule has 0 amide bonds. The van der Waals surface area contributed by atoms with E-state index in [0.717, 1.165) is 78.8 Å². The quantitative estimate of drug-likeness (QED) is 0.150. The van der Waals surface area contributed by atoms with Crippen LogP contribution in [0.1, 0.15) is 0 Å². The highest BCUT2D eigenvalue weighted by atomic mass is 16.5. The molecule has 2 heterocycles. The third-order valence-electron chi connectivity index (χ3n) is 9.39. The van der Waals surface area contributed by atoms with Crippen molar-refractivity contribution in [2.45, 2.75) is 0 Å². The monoisotopic (exact) mass is 706 g/mol. The Morgan fingerprint density at radius 1 is 0.236 bits per heavy atom. The van der Waals surface area contributed by atoms with Crippen molar-refractivity contribution in [2.24, 2.45) is 0 Å². The van der Waals surface area contributed by atoms with E-state index < -0.39 is 0 Å². The maximum Gasteiger partial charge on any atom is 0.160 e. The summed E-state index contributed by atoms with van der Waals surface area (Å²) >= 11 is 0. The minimum atomic E-state index is 0.658. The van der Waals surface area contributed by atoms with E-state index in [4.69, 9.17) is 24.7 Å². The van der Waals surface area contributed by atoms with Gasteiger partial charge in [-0.05, 0) is 59.7 Å². The number of ether oxygens (including phenoxy) is 1. The third kappa shape index (κ3) is 7.54. The topological polar surface area (TPSA) is 60.8 Å². The van der Waals surface area contributed by atoms with Crippen LogP contribution >= 0.6 is 0 Å². The Labute approximate surface area is 320 Å². The lowest BCUT2D eigenvalue weighted by molar-refractivity contribution is 0.483. The van der Waals surface area contributed by atoms with E-state index >= 15 is 0 Å². The molecule has 2 aromatic heterocycles. The molecule has 5 heteroatoms. The van der Waals surface area contributed by atoms with E-state index in [1.165, 1.54) is 0 Å². The minimum Gasteiger partial charge on any atom is -0.457 e. The van der Waals surface area contributed by atoms with Crippen LogP contribution in [0.15, 0.2) is 206 Å². The molecule has 55 heavy (non-hydrogen) atoms. The number of aromatic nitrogens is 4. The van der Waals surface area contributed by atoms with Crippen molar-refractivity contribution in [1.29, 1.82) is 0 Å². The standard InChI is InChI=1S/C50H34N4O/c1-5-14-36(15-6-1)45-33-46(37-16-7-2-8-17-37)52-49(51-45)40-26-24-35(25-27-40)42-22-13-23-44(32-42)55-43-30-28-41(29-31-43)50-53-47(38-18-9-3-10-19-38)34-48(54-50)39-20-11-4-12-21-39/h1-34H. The van der Waals surface area contributed by atoms with Crippen LogP contribution in [0.25, 0.3) is 78.9 Å². The summed E-state index contributed by atoms with van der Waals surface area (Å²) in [5.41, 5.74) is 11.7. The maximum atomic E-state index is 6.36. The van der Waals surface area contributed by atoms with Gasteiger partial charge in [0.2, 0.25) is 0 Å². The smallest absolute Gasteiger partial charge is 0.160 e. The molecule has 0 N–H and O–H groups in total. The second kappa shape index (κ2) is 15.2. The van der Waals surface area contributed by atoms with E-state index in [1.807, 2.05) is 115 Å². The molecule has 260 valence electrons. The molecule has 0 spiro atoms. The Balaban J connectivity index is 0.960. The maximum absolute atomic E-state index is 6.36. The molecule has 0 bridgehead atoms. The normalized spacial score (nSPS) is 10.9. The zero-order chi connectivity index (χ0) is 36.8. The molecule has 0 saturated carbocycles. The molecular weight excluding hydrogens is 673 g/mol. The molecule has 5 nitrogen and oxygen atoms in total. The Bertz CT molecular complexity index is 2570. The molecule has 0 saturated heterocycles. The van der Waals surface area contributed by atoms with Crippen molar-refractivity contribution in [3.8, 4) is 90.4 Å². The van der Waals surface area contributed by atoms with Crippen molar-refractivity contribution >= 4 is 0 Å². The van der Waals surface area contributed by atoms with E-state index in [-0.39, 0.29) is 0 Å². The van der Waals surface area contributed by atoms with Gasteiger partial charge in [0.25, 0.3) is 0 Å². The molecule has 0 aliphatic rings. The number of rotatable bonds is 9. The van der Waals surface area contributed by atoms with Crippen LogP contribution in [-0.4, -0.2) is 19.9 Å². The number of benzene rings is 7. The zero-order valence-electron chi connectivity index (χ0n) is 29.8. The summed E-state index contributed by atoms with van der Waals surface area (Å²) in [5.74, 6) is 2.81. The van der Waals surface area contributed by atoms with Crippen LogP contribution in [0.3, 0.4) is 0 Å². The van der Waals surface area contributed by atoms with Crippen LogP contribution < -0.4 is 4.74 Å². The first-order valence-corrected chi connectivity index (χ1v) is 18.2. The van der Waals surface area contributed by atoms with Crippen LogP contribution in [-0.2, 0) is 0 Å². The van der Waals surface area contributed by atoms with Gasteiger partial charge in [-0.15, -0.1) is 0 Å². The van der Waals surface area contributed by atoms with Crippen LogP contribution in [0.5, 0.6) is 11.5 Å². The van der Waals surface area contributed by atoms with E-state index in [0.29, 0.717) is 11.6 Å². The lowest BCUT2D eigenvalue weighted by atomic mass is 10.0. The van der Waals surface area contributed by atoms with Gasteiger partial charge >= 0.3 is 0 Å². The van der Waals surface area contributed by atoms with Crippen LogP contribution in [0.4, 0.5) is 0 Å². The summed E-state index contributed by atoms with van der Waals surface area (Å²) in [5, 5.41) is 0. The van der Waals surface area contributed by atoms with Gasteiger partial charge < -0.3 is 4.74 Å². The average molecular weight is 707 g/mol. The van der Waals surface area contributed by atoms with Gasteiger partial charge in [-0.2, -0.15) is 0 Å². The second-order valence-corrected chi connectivity index (χ2v) is 13.1. The molecule has 0 aliphatic heterocycles. The first-order chi connectivity index (χ1) is 27.2. The fourth-order valence-electron chi connectivity index (χ4n) is 6.54. The lowest BCUT2D eigenvalue weighted by Gasteiger charge is -2.11. The highest BCUT2D eigenvalue weighted by Crippen LogP contribution is 2.33. The molecular formula is C50H34N4O. The molecule has 7 aromatic carbocycles. The highest BCUT2D eigenvalue weighted by molar-refractivity contribution is 5.75. The van der Waals surface area contributed by atoms with E-state index in [1.54, 1.807) is 0 Å². The Morgan fingerprint density at radius 2 is 0.582 bits per heavy atom. The van der Waals surface area contributed by atoms with Crippen molar-refractivity contribution in [2.75, 3.05) is 0 Å². The van der Waals surface area contributed by atoms with Gasteiger partial charge in [-0.3, -0.25) is 0 Å². The van der Waals surface area contributed by atoms with Gasteiger partial charge in [-0.1, -0.05) is 158 Å². The van der Waals surface area contributed by atoms with Crippen molar-refractivity contribution < 1.29 is 4.74 Å². The lowest BCUT2D eigenvalue weighted by Crippen LogP contribution is -1.96. The summed E-state index contributed by atoms with van der Waals surface area (Å²) in [6.45, 7) is 0. The minimum absolute atomic E-state index is 0.658. The molecule has 0 atom stereocenters. The van der Waals surface area contributed by atoms with Gasteiger partial charge in [0.15, 0.2) is 11.6 Å². The van der Waals surface area contributed by atoms with E-state index in [9.17, 15) is 0 Å². The predicted molar refractivity (Wildman–Crippen MR) is 222 cm³/mol. The molecule has 0 aliphatic carbocycles. The fourth-order valence-corrected chi connectivity index (χ4v) is 6.54. The molecule has 0 fully saturated rings. The number of nitrogens with zero attached hydrogens (tertiary/aromatic N) is 4. The Hall–Kier alpha value is -7.50.